The molecule has 1 saturated carbocycles. The van der Waals surface area contributed by atoms with Crippen LogP contribution in [0.15, 0.2) is 12.4 Å². The molecule has 24 heavy (non-hydrogen) atoms. The van der Waals surface area contributed by atoms with Gasteiger partial charge in [0.1, 0.15) is 5.41 Å². The van der Waals surface area contributed by atoms with Crippen LogP contribution in [0, 0.1) is 16.7 Å². The van der Waals surface area contributed by atoms with Gasteiger partial charge in [0.2, 0.25) is 5.91 Å². The molecule has 0 atom stereocenters. The fraction of sp³-hybridized carbons (Fsp3) is 0.308. The summed E-state index contributed by atoms with van der Waals surface area (Å²) in [6, 6.07) is 2.00. The highest BCUT2D eigenvalue weighted by molar-refractivity contribution is 5.99. The van der Waals surface area contributed by atoms with Gasteiger partial charge >= 0.3 is 6.09 Å². The van der Waals surface area contributed by atoms with Crippen LogP contribution in [0.5, 0.6) is 5.88 Å². The fourth-order valence-electron chi connectivity index (χ4n) is 1.98. The molecule has 11 nitrogen and oxygen atoms in total. The molecule has 0 spiro atoms. The summed E-state index contributed by atoms with van der Waals surface area (Å²) < 4.78 is 6.04. The van der Waals surface area contributed by atoms with Crippen LogP contribution >= 0.6 is 0 Å². The minimum absolute atomic E-state index is 0.000648. The van der Waals surface area contributed by atoms with E-state index in [1.807, 2.05) is 6.07 Å². The van der Waals surface area contributed by atoms with Gasteiger partial charge in [-0.05, 0) is 12.8 Å². The molecule has 2 aromatic heterocycles. The first-order valence-corrected chi connectivity index (χ1v) is 6.87. The summed E-state index contributed by atoms with van der Waals surface area (Å²) in [5.41, 5.74) is 4.52. The molecule has 0 aliphatic heterocycles. The first-order chi connectivity index (χ1) is 11.4. The lowest BCUT2D eigenvalue weighted by Gasteiger charge is -2.07. The number of aryl methyl sites for hydroxylation is 1. The Labute approximate surface area is 135 Å². The summed E-state index contributed by atoms with van der Waals surface area (Å²) in [5, 5.41) is 19.1. The quantitative estimate of drug-likeness (QED) is 0.790. The van der Waals surface area contributed by atoms with Gasteiger partial charge in [-0.3, -0.25) is 4.79 Å². The molecule has 2 heterocycles. The number of amides is 2. The second-order valence-electron chi connectivity index (χ2n) is 5.23. The van der Waals surface area contributed by atoms with Crippen molar-refractivity contribution < 1.29 is 14.3 Å². The number of nitrogens with one attached hydrogen (secondary N) is 1. The Morgan fingerprint density at radius 3 is 2.62 bits per heavy atom. The lowest BCUT2D eigenvalue weighted by atomic mass is 10.1. The molecule has 1 aliphatic carbocycles. The zero-order valence-corrected chi connectivity index (χ0v) is 12.6. The van der Waals surface area contributed by atoms with Gasteiger partial charge in [0, 0.05) is 7.05 Å². The first-order valence-electron chi connectivity index (χ1n) is 6.87. The van der Waals surface area contributed by atoms with Crippen molar-refractivity contribution in [2.75, 3.05) is 5.32 Å². The minimum atomic E-state index is -1.02. The van der Waals surface area contributed by atoms with E-state index in [1.165, 1.54) is 24.1 Å². The third-order valence-corrected chi connectivity index (χ3v) is 3.49. The maximum absolute atomic E-state index is 12.0. The molecule has 1 aliphatic rings. The van der Waals surface area contributed by atoms with Crippen molar-refractivity contribution in [3.05, 3.63) is 12.4 Å². The van der Waals surface area contributed by atoms with E-state index in [0.717, 1.165) is 0 Å². The molecular weight excluding hydrogens is 316 g/mol. The zero-order valence-electron chi connectivity index (χ0n) is 12.6. The van der Waals surface area contributed by atoms with Crippen molar-refractivity contribution in [2.24, 2.45) is 18.2 Å². The number of carbonyl (C=O) groups excluding carboxylic acids is 2. The topological polar surface area (TPSA) is 162 Å². The summed E-state index contributed by atoms with van der Waals surface area (Å²) in [6.45, 7) is 0. The van der Waals surface area contributed by atoms with Gasteiger partial charge in [-0.1, -0.05) is 5.21 Å². The predicted molar refractivity (Wildman–Crippen MR) is 78.2 cm³/mol. The van der Waals surface area contributed by atoms with Gasteiger partial charge in [-0.25, -0.2) is 19.4 Å². The SMILES string of the molecule is Cn1nnc(-c2ncc(NC(=O)C3(C#N)CC3)cn2)c1OC(N)=O. The van der Waals surface area contributed by atoms with E-state index in [1.54, 1.807) is 0 Å². The number of rotatable bonds is 4. The minimum Gasteiger partial charge on any atom is -0.389 e. The summed E-state index contributed by atoms with van der Waals surface area (Å²) in [6.07, 6.45) is 2.78. The fourth-order valence-corrected chi connectivity index (χ4v) is 1.98. The molecule has 0 unspecified atom stereocenters. The summed E-state index contributed by atoms with van der Waals surface area (Å²) in [4.78, 5) is 31.0. The molecule has 3 N–H and O–H groups in total. The van der Waals surface area contributed by atoms with Crippen LogP contribution in [0.1, 0.15) is 12.8 Å². The van der Waals surface area contributed by atoms with E-state index in [9.17, 15) is 9.59 Å². The van der Waals surface area contributed by atoms with Gasteiger partial charge in [0.15, 0.2) is 11.5 Å². The van der Waals surface area contributed by atoms with Crippen LogP contribution < -0.4 is 15.8 Å². The zero-order chi connectivity index (χ0) is 17.3. The van der Waals surface area contributed by atoms with Crippen molar-refractivity contribution in [3.8, 4) is 23.5 Å². The van der Waals surface area contributed by atoms with E-state index in [4.69, 9.17) is 15.7 Å². The Kier molecular flexibility index (Phi) is 3.57. The first kappa shape index (κ1) is 15.3. The molecular formula is C13H12N8O3. The highest BCUT2D eigenvalue weighted by Gasteiger charge is 2.50. The molecule has 3 rings (SSSR count). The summed E-state index contributed by atoms with van der Waals surface area (Å²) in [7, 11) is 1.51. The summed E-state index contributed by atoms with van der Waals surface area (Å²) >= 11 is 0. The maximum atomic E-state index is 12.0. The number of primary amides is 1. The number of nitrogens with two attached hydrogens (primary N) is 1. The average Bonchev–Trinajstić information content (AvgIpc) is 3.29. The van der Waals surface area contributed by atoms with Crippen LogP contribution in [-0.2, 0) is 11.8 Å². The predicted octanol–water partition coefficient (Wildman–Crippen LogP) is -0.0281. The number of ether oxygens (including phenoxy) is 1. The van der Waals surface area contributed by atoms with Crippen molar-refractivity contribution in [1.82, 2.24) is 25.0 Å². The Bertz CT molecular complexity index is 847. The number of nitriles is 1. The van der Waals surface area contributed by atoms with Crippen molar-refractivity contribution >= 4 is 17.7 Å². The summed E-state index contributed by atoms with van der Waals surface area (Å²) in [5.74, 6) is -0.238. The standard InChI is InChI=1S/C13H12N8O3/c1-21-10(24-12(15)23)8(19-20-21)9-16-4-7(5-17-9)18-11(22)13(6-14)2-3-13/h4-5H,2-3H2,1H3,(H2,15,23)(H,18,22). The number of anilines is 1. The van der Waals surface area contributed by atoms with Crippen LogP contribution in [0.25, 0.3) is 11.5 Å². The van der Waals surface area contributed by atoms with Crippen LogP contribution in [0.2, 0.25) is 0 Å². The van der Waals surface area contributed by atoms with Gasteiger partial charge in [-0.15, -0.1) is 5.10 Å². The average molecular weight is 328 g/mol. The van der Waals surface area contributed by atoms with Gasteiger partial charge in [0.05, 0.1) is 24.2 Å². The molecule has 122 valence electrons. The van der Waals surface area contributed by atoms with Gasteiger partial charge in [0.25, 0.3) is 5.88 Å². The normalized spacial score (nSPS) is 14.5. The maximum Gasteiger partial charge on any atom is 0.411 e. The van der Waals surface area contributed by atoms with Crippen LogP contribution in [0.3, 0.4) is 0 Å². The Morgan fingerprint density at radius 2 is 2.08 bits per heavy atom. The molecule has 11 heteroatoms. The third-order valence-electron chi connectivity index (χ3n) is 3.49. The van der Waals surface area contributed by atoms with Crippen molar-refractivity contribution in [2.45, 2.75) is 12.8 Å². The van der Waals surface area contributed by atoms with E-state index >= 15 is 0 Å². The van der Waals surface area contributed by atoms with Crippen molar-refractivity contribution in [1.29, 1.82) is 5.26 Å². The largest absolute Gasteiger partial charge is 0.411 e. The van der Waals surface area contributed by atoms with E-state index in [-0.39, 0.29) is 23.3 Å². The molecule has 0 saturated heterocycles. The number of carbonyl (C=O) groups is 2. The number of hydrogen-bond donors (Lipinski definition) is 2. The molecule has 0 radical (unpaired) electrons. The van der Waals surface area contributed by atoms with Crippen LogP contribution in [-0.4, -0.2) is 37.0 Å². The van der Waals surface area contributed by atoms with Crippen molar-refractivity contribution in [3.63, 3.8) is 0 Å². The highest BCUT2D eigenvalue weighted by Crippen LogP contribution is 2.45. The number of hydrogen-bond acceptors (Lipinski definition) is 8. The molecule has 0 bridgehead atoms. The lowest BCUT2D eigenvalue weighted by molar-refractivity contribution is -0.119. The van der Waals surface area contributed by atoms with E-state index in [2.05, 4.69) is 25.6 Å². The molecule has 2 aromatic rings. The smallest absolute Gasteiger partial charge is 0.389 e. The number of aromatic nitrogens is 5. The second-order valence-corrected chi connectivity index (χ2v) is 5.23. The highest BCUT2D eigenvalue weighted by atomic mass is 16.6. The van der Waals surface area contributed by atoms with Gasteiger partial charge < -0.3 is 15.8 Å². The molecule has 1 fully saturated rings. The molecule has 2 amide bonds. The Balaban J connectivity index is 1.79. The van der Waals surface area contributed by atoms with Crippen LogP contribution in [0.4, 0.5) is 10.5 Å². The van der Waals surface area contributed by atoms with Gasteiger partial charge in [-0.2, -0.15) is 5.26 Å². The second kappa shape index (κ2) is 5.58. The third kappa shape index (κ3) is 2.72. The number of nitrogens with zero attached hydrogens (tertiary/aromatic N) is 6. The Morgan fingerprint density at radius 1 is 1.42 bits per heavy atom. The van der Waals surface area contributed by atoms with E-state index < -0.39 is 11.5 Å². The monoisotopic (exact) mass is 328 g/mol. The van der Waals surface area contributed by atoms with E-state index in [0.29, 0.717) is 18.5 Å². The molecule has 0 aromatic carbocycles. The lowest BCUT2D eigenvalue weighted by Crippen LogP contribution is -2.22. The Hall–Kier alpha value is -3.55.